The van der Waals surface area contributed by atoms with Gasteiger partial charge in [-0.15, -0.1) is 0 Å². The number of benzene rings is 2. The monoisotopic (exact) mass is 456 g/mol. The maximum atomic E-state index is 13.5. The van der Waals surface area contributed by atoms with E-state index in [9.17, 15) is 14.4 Å². The van der Waals surface area contributed by atoms with Gasteiger partial charge in [0.15, 0.2) is 0 Å². The number of pyridine rings is 1. The summed E-state index contributed by atoms with van der Waals surface area (Å²) in [5.41, 5.74) is 2.93. The molecule has 34 heavy (non-hydrogen) atoms. The van der Waals surface area contributed by atoms with Gasteiger partial charge in [0, 0.05) is 25.0 Å². The van der Waals surface area contributed by atoms with Crippen molar-refractivity contribution in [1.29, 1.82) is 0 Å². The largest absolute Gasteiger partial charge is 0.492 e. The minimum atomic E-state index is -0.436. The zero-order chi connectivity index (χ0) is 24.1. The number of rotatable bonds is 8. The van der Waals surface area contributed by atoms with Crippen molar-refractivity contribution in [2.75, 3.05) is 17.2 Å². The molecule has 0 fully saturated rings. The number of para-hydroxylation sites is 2. The van der Waals surface area contributed by atoms with Crippen molar-refractivity contribution in [3.8, 4) is 5.75 Å². The summed E-state index contributed by atoms with van der Waals surface area (Å²) in [6.07, 6.45) is 3.24. The Labute approximate surface area is 197 Å². The maximum absolute atomic E-state index is 13.5. The summed E-state index contributed by atoms with van der Waals surface area (Å²) < 4.78 is 5.68. The number of hydrogen-bond acceptors (Lipinski definition) is 6. The number of anilines is 2. The number of hydrogen-bond donors (Lipinski definition) is 2. The molecule has 1 aliphatic rings. The summed E-state index contributed by atoms with van der Waals surface area (Å²) in [6, 6.07) is 17.6. The Morgan fingerprint density at radius 2 is 1.68 bits per heavy atom. The van der Waals surface area contributed by atoms with E-state index in [0.717, 1.165) is 5.56 Å². The topological polar surface area (TPSA) is 101 Å². The average Bonchev–Trinajstić information content (AvgIpc) is 3.05. The lowest BCUT2D eigenvalue weighted by Crippen LogP contribution is -2.32. The smallest absolute Gasteiger partial charge is 0.278 e. The molecule has 0 spiro atoms. The highest BCUT2D eigenvalue weighted by atomic mass is 16.5. The van der Waals surface area contributed by atoms with Crippen LogP contribution in [0.5, 0.6) is 5.75 Å². The van der Waals surface area contributed by atoms with E-state index < -0.39 is 11.8 Å². The highest BCUT2D eigenvalue weighted by molar-refractivity contribution is 6.36. The van der Waals surface area contributed by atoms with Crippen LogP contribution < -0.4 is 15.4 Å². The molecule has 1 aliphatic heterocycles. The van der Waals surface area contributed by atoms with Gasteiger partial charge in [0.05, 0.1) is 24.4 Å². The summed E-state index contributed by atoms with van der Waals surface area (Å²) in [4.78, 5) is 43.5. The quantitative estimate of drug-likeness (QED) is 0.500. The van der Waals surface area contributed by atoms with Crippen molar-refractivity contribution in [2.24, 2.45) is 0 Å². The Balaban J connectivity index is 1.74. The van der Waals surface area contributed by atoms with Crippen LogP contribution in [0.3, 0.4) is 0 Å². The number of carbonyl (C=O) groups excluding carboxylic acids is 3. The number of imide groups is 1. The van der Waals surface area contributed by atoms with Crippen LogP contribution in [-0.2, 0) is 20.9 Å². The van der Waals surface area contributed by atoms with Crippen LogP contribution in [0.1, 0.15) is 25.0 Å². The Morgan fingerprint density at radius 3 is 2.35 bits per heavy atom. The fraction of sp³-hybridized carbons (Fsp3) is 0.154. The van der Waals surface area contributed by atoms with Crippen molar-refractivity contribution >= 4 is 34.7 Å². The minimum absolute atomic E-state index is 0.117. The first kappa shape index (κ1) is 22.7. The first-order valence-electron chi connectivity index (χ1n) is 10.8. The molecule has 8 nitrogen and oxygen atoms in total. The van der Waals surface area contributed by atoms with E-state index in [1.807, 2.05) is 19.1 Å². The second-order valence-corrected chi connectivity index (χ2v) is 7.61. The predicted octanol–water partition coefficient (Wildman–Crippen LogP) is 3.83. The lowest BCUT2D eigenvalue weighted by atomic mass is 10.0. The van der Waals surface area contributed by atoms with Gasteiger partial charge in [-0.3, -0.25) is 24.3 Å². The van der Waals surface area contributed by atoms with Crippen LogP contribution in [0.2, 0.25) is 0 Å². The summed E-state index contributed by atoms with van der Waals surface area (Å²) in [6.45, 7) is 3.87. The van der Waals surface area contributed by atoms with E-state index in [2.05, 4.69) is 15.6 Å². The molecule has 0 saturated heterocycles. The number of nitrogens with zero attached hydrogens (tertiary/aromatic N) is 2. The van der Waals surface area contributed by atoms with E-state index >= 15 is 0 Å². The molecule has 2 N–H and O–H groups in total. The average molecular weight is 457 g/mol. The molecule has 2 aromatic carbocycles. The molecular formula is C26H24N4O4. The summed E-state index contributed by atoms with van der Waals surface area (Å²) in [7, 11) is 0. The molecule has 8 heteroatoms. The molecule has 1 aromatic heterocycles. The van der Waals surface area contributed by atoms with E-state index in [1.54, 1.807) is 60.9 Å². The lowest BCUT2D eigenvalue weighted by Gasteiger charge is -2.16. The Morgan fingerprint density at radius 1 is 0.971 bits per heavy atom. The predicted molar refractivity (Wildman–Crippen MR) is 129 cm³/mol. The summed E-state index contributed by atoms with van der Waals surface area (Å²) >= 11 is 0. The van der Waals surface area contributed by atoms with Crippen LogP contribution in [0.4, 0.5) is 11.4 Å². The summed E-state index contributed by atoms with van der Waals surface area (Å²) in [5, 5.41) is 5.85. The van der Waals surface area contributed by atoms with Gasteiger partial charge in [0.2, 0.25) is 5.91 Å². The van der Waals surface area contributed by atoms with Crippen molar-refractivity contribution < 1.29 is 19.1 Å². The van der Waals surface area contributed by atoms with Gasteiger partial charge in [-0.2, -0.15) is 0 Å². The fourth-order valence-corrected chi connectivity index (χ4v) is 3.68. The third-order valence-electron chi connectivity index (χ3n) is 5.20. The first-order chi connectivity index (χ1) is 16.5. The second kappa shape index (κ2) is 9.99. The van der Waals surface area contributed by atoms with Gasteiger partial charge in [0.1, 0.15) is 11.4 Å². The standard InChI is InChI=1S/C26H24N4O4/c1-3-34-22-7-5-4-6-21(22)29-24-23(19-8-10-20(11-9-19)28-17(2)31)25(32)30(26(24)33)16-18-12-14-27-15-13-18/h4-15,29H,3,16H2,1-2H3,(H,28,31). The van der Waals surface area contributed by atoms with Crippen molar-refractivity contribution in [1.82, 2.24) is 9.88 Å². The molecule has 0 aliphatic carbocycles. The van der Waals surface area contributed by atoms with Crippen molar-refractivity contribution in [3.05, 3.63) is 89.9 Å². The highest BCUT2D eigenvalue weighted by Crippen LogP contribution is 2.34. The second-order valence-electron chi connectivity index (χ2n) is 7.61. The van der Waals surface area contributed by atoms with Gasteiger partial charge in [-0.25, -0.2) is 0 Å². The number of aromatic nitrogens is 1. The van der Waals surface area contributed by atoms with Crippen LogP contribution >= 0.6 is 0 Å². The van der Waals surface area contributed by atoms with E-state index in [4.69, 9.17) is 4.74 Å². The third kappa shape index (κ3) is 4.80. The van der Waals surface area contributed by atoms with Gasteiger partial charge in [0.25, 0.3) is 11.8 Å². The number of ether oxygens (including phenoxy) is 1. The van der Waals surface area contributed by atoms with Gasteiger partial charge in [-0.05, 0) is 54.4 Å². The fourth-order valence-electron chi connectivity index (χ4n) is 3.68. The number of nitrogens with one attached hydrogen (secondary N) is 2. The maximum Gasteiger partial charge on any atom is 0.278 e. The SMILES string of the molecule is CCOc1ccccc1NC1=C(c2ccc(NC(C)=O)cc2)C(=O)N(Cc2ccncc2)C1=O. The minimum Gasteiger partial charge on any atom is -0.492 e. The molecule has 0 bridgehead atoms. The normalized spacial score (nSPS) is 13.3. The van der Waals surface area contributed by atoms with Crippen molar-refractivity contribution in [2.45, 2.75) is 20.4 Å². The van der Waals surface area contributed by atoms with E-state index in [1.165, 1.54) is 11.8 Å². The molecule has 0 atom stereocenters. The Kier molecular flexibility index (Phi) is 6.68. The van der Waals surface area contributed by atoms with Gasteiger partial charge >= 0.3 is 0 Å². The van der Waals surface area contributed by atoms with Gasteiger partial charge < -0.3 is 15.4 Å². The molecule has 0 saturated carbocycles. The first-order valence-corrected chi connectivity index (χ1v) is 10.8. The number of amides is 3. The summed E-state index contributed by atoms with van der Waals surface area (Å²) in [5.74, 6) is -0.470. The van der Waals surface area contributed by atoms with Gasteiger partial charge in [-0.1, -0.05) is 24.3 Å². The Bertz CT molecular complexity index is 1250. The third-order valence-corrected chi connectivity index (χ3v) is 5.20. The molecule has 3 aromatic rings. The van der Waals surface area contributed by atoms with Crippen LogP contribution in [0.25, 0.3) is 5.57 Å². The van der Waals surface area contributed by atoms with Crippen LogP contribution in [0.15, 0.2) is 78.8 Å². The van der Waals surface area contributed by atoms with E-state index in [0.29, 0.717) is 29.3 Å². The zero-order valence-corrected chi connectivity index (χ0v) is 18.9. The van der Waals surface area contributed by atoms with Crippen molar-refractivity contribution in [3.63, 3.8) is 0 Å². The highest BCUT2D eigenvalue weighted by Gasteiger charge is 2.39. The molecule has 0 radical (unpaired) electrons. The number of carbonyl (C=O) groups is 3. The molecule has 172 valence electrons. The lowest BCUT2D eigenvalue weighted by molar-refractivity contribution is -0.137. The van der Waals surface area contributed by atoms with Crippen LogP contribution in [0, 0.1) is 0 Å². The molecular weight excluding hydrogens is 432 g/mol. The Hall–Kier alpha value is -4.46. The van der Waals surface area contributed by atoms with E-state index in [-0.39, 0.29) is 23.7 Å². The molecule has 3 amide bonds. The molecule has 4 rings (SSSR count). The zero-order valence-electron chi connectivity index (χ0n) is 18.9. The molecule has 0 unspecified atom stereocenters. The molecule has 2 heterocycles. The van der Waals surface area contributed by atoms with Crippen LogP contribution in [-0.4, -0.2) is 34.2 Å².